The zero-order chi connectivity index (χ0) is 11.3. The maximum absolute atomic E-state index is 11.5. The molecule has 3 nitrogen and oxygen atoms in total. The Morgan fingerprint density at radius 1 is 1.67 bits per heavy atom. The zero-order valence-electron chi connectivity index (χ0n) is 9.33. The standard InChI is InChI=1S/C12H20N2O/c1-3-5-11(13)12(15)14-8-10-7-4-6-9(10)2/h1,9-11H,4-8,13H2,2H3,(H,14,15). The molecular formula is C12H20N2O. The predicted molar refractivity (Wildman–Crippen MR) is 60.9 cm³/mol. The smallest absolute Gasteiger partial charge is 0.237 e. The summed E-state index contributed by atoms with van der Waals surface area (Å²) in [5, 5.41) is 2.88. The van der Waals surface area contributed by atoms with E-state index < -0.39 is 6.04 Å². The summed E-state index contributed by atoms with van der Waals surface area (Å²) in [4.78, 5) is 11.5. The number of nitrogens with one attached hydrogen (secondary N) is 1. The molecule has 0 aromatic heterocycles. The maximum atomic E-state index is 11.5. The number of rotatable bonds is 4. The molecule has 0 spiro atoms. The average Bonchev–Trinajstić information content (AvgIpc) is 2.61. The first-order chi connectivity index (χ1) is 7.15. The first-order valence-corrected chi connectivity index (χ1v) is 5.62. The van der Waals surface area contributed by atoms with Crippen molar-refractivity contribution in [1.82, 2.24) is 5.32 Å². The summed E-state index contributed by atoms with van der Waals surface area (Å²) in [6.07, 6.45) is 9.17. The van der Waals surface area contributed by atoms with Gasteiger partial charge >= 0.3 is 0 Å². The largest absolute Gasteiger partial charge is 0.354 e. The van der Waals surface area contributed by atoms with Crippen molar-refractivity contribution in [2.24, 2.45) is 17.6 Å². The van der Waals surface area contributed by atoms with Crippen molar-refractivity contribution in [3.63, 3.8) is 0 Å². The highest BCUT2D eigenvalue weighted by Crippen LogP contribution is 2.30. The molecule has 1 aliphatic carbocycles. The second-order valence-corrected chi connectivity index (χ2v) is 4.43. The van der Waals surface area contributed by atoms with Gasteiger partial charge in [0.05, 0.1) is 6.04 Å². The number of nitrogens with two attached hydrogens (primary N) is 1. The van der Waals surface area contributed by atoms with Gasteiger partial charge in [0.2, 0.25) is 5.91 Å². The number of hydrogen-bond acceptors (Lipinski definition) is 2. The number of carbonyl (C=O) groups excluding carboxylic acids is 1. The lowest BCUT2D eigenvalue weighted by atomic mass is 9.98. The SMILES string of the molecule is C#CCC(N)C(=O)NCC1CCCC1C. The van der Waals surface area contributed by atoms with E-state index in [1.807, 2.05) is 0 Å². The Balaban J connectivity index is 2.25. The van der Waals surface area contributed by atoms with E-state index >= 15 is 0 Å². The Labute approximate surface area is 91.8 Å². The van der Waals surface area contributed by atoms with Crippen LogP contribution < -0.4 is 11.1 Å². The molecule has 84 valence electrons. The molecule has 0 saturated heterocycles. The molecule has 15 heavy (non-hydrogen) atoms. The first kappa shape index (κ1) is 12.1. The van der Waals surface area contributed by atoms with E-state index in [0.717, 1.165) is 6.54 Å². The third kappa shape index (κ3) is 3.56. The van der Waals surface area contributed by atoms with Gasteiger partial charge in [-0.25, -0.2) is 0 Å². The first-order valence-electron chi connectivity index (χ1n) is 5.62. The third-order valence-corrected chi connectivity index (χ3v) is 3.25. The number of carbonyl (C=O) groups is 1. The molecule has 1 fully saturated rings. The molecule has 1 amide bonds. The van der Waals surface area contributed by atoms with Gasteiger partial charge in [0.25, 0.3) is 0 Å². The van der Waals surface area contributed by atoms with Crippen LogP contribution in [-0.2, 0) is 4.79 Å². The van der Waals surface area contributed by atoms with Crippen LogP contribution in [0, 0.1) is 24.2 Å². The highest BCUT2D eigenvalue weighted by Gasteiger charge is 2.24. The summed E-state index contributed by atoms with van der Waals surface area (Å²) in [5.74, 6) is 3.62. The van der Waals surface area contributed by atoms with Crippen LogP contribution in [0.15, 0.2) is 0 Å². The molecule has 3 heteroatoms. The summed E-state index contributed by atoms with van der Waals surface area (Å²) in [7, 11) is 0. The fraction of sp³-hybridized carbons (Fsp3) is 0.750. The van der Waals surface area contributed by atoms with E-state index in [-0.39, 0.29) is 5.91 Å². The molecule has 3 N–H and O–H groups in total. The minimum Gasteiger partial charge on any atom is -0.354 e. The van der Waals surface area contributed by atoms with Gasteiger partial charge in [-0.15, -0.1) is 12.3 Å². The molecule has 3 atom stereocenters. The van der Waals surface area contributed by atoms with Gasteiger partial charge in [0, 0.05) is 13.0 Å². The van der Waals surface area contributed by atoms with E-state index in [2.05, 4.69) is 18.2 Å². The molecule has 1 saturated carbocycles. The molecule has 0 aromatic carbocycles. The summed E-state index contributed by atoms with van der Waals surface area (Å²) < 4.78 is 0. The summed E-state index contributed by atoms with van der Waals surface area (Å²) in [6.45, 7) is 2.99. The Morgan fingerprint density at radius 2 is 2.40 bits per heavy atom. The van der Waals surface area contributed by atoms with E-state index in [1.165, 1.54) is 19.3 Å². The molecule has 0 heterocycles. The summed E-state index contributed by atoms with van der Waals surface area (Å²) in [6, 6.07) is -0.549. The van der Waals surface area contributed by atoms with Crippen molar-refractivity contribution < 1.29 is 4.79 Å². The van der Waals surface area contributed by atoms with Crippen LogP contribution in [0.3, 0.4) is 0 Å². The van der Waals surface area contributed by atoms with Crippen molar-refractivity contribution >= 4 is 5.91 Å². The van der Waals surface area contributed by atoms with Crippen LogP contribution in [0.2, 0.25) is 0 Å². The normalized spacial score (nSPS) is 27.0. The maximum Gasteiger partial charge on any atom is 0.237 e. The molecular weight excluding hydrogens is 188 g/mol. The van der Waals surface area contributed by atoms with Crippen LogP contribution in [0.1, 0.15) is 32.6 Å². The average molecular weight is 208 g/mol. The molecule has 3 unspecified atom stereocenters. The quantitative estimate of drug-likeness (QED) is 0.674. The molecule has 1 rings (SSSR count). The summed E-state index contributed by atoms with van der Waals surface area (Å²) in [5.41, 5.74) is 5.59. The van der Waals surface area contributed by atoms with E-state index in [4.69, 9.17) is 12.2 Å². The lowest BCUT2D eigenvalue weighted by molar-refractivity contribution is -0.122. The van der Waals surface area contributed by atoms with Gasteiger partial charge < -0.3 is 11.1 Å². The molecule has 0 bridgehead atoms. The van der Waals surface area contributed by atoms with Crippen LogP contribution in [0.25, 0.3) is 0 Å². The minimum absolute atomic E-state index is 0.118. The number of amides is 1. The Kier molecular flexibility index (Phi) is 4.64. The minimum atomic E-state index is -0.549. The van der Waals surface area contributed by atoms with Crippen molar-refractivity contribution in [2.45, 2.75) is 38.6 Å². The van der Waals surface area contributed by atoms with E-state index in [1.54, 1.807) is 0 Å². The van der Waals surface area contributed by atoms with Crippen molar-refractivity contribution in [2.75, 3.05) is 6.54 Å². The van der Waals surface area contributed by atoms with Gasteiger partial charge in [-0.2, -0.15) is 0 Å². The van der Waals surface area contributed by atoms with Gasteiger partial charge in [0.15, 0.2) is 0 Å². The second-order valence-electron chi connectivity index (χ2n) is 4.43. The van der Waals surface area contributed by atoms with Crippen molar-refractivity contribution in [1.29, 1.82) is 0 Å². The molecule has 0 aromatic rings. The van der Waals surface area contributed by atoms with Gasteiger partial charge in [-0.3, -0.25) is 4.79 Å². The van der Waals surface area contributed by atoms with Gasteiger partial charge in [0.1, 0.15) is 0 Å². The summed E-state index contributed by atoms with van der Waals surface area (Å²) >= 11 is 0. The molecule has 0 aliphatic heterocycles. The van der Waals surface area contributed by atoms with E-state index in [0.29, 0.717) is 18.3 Å². The van der Waals surface area contributed by atoms with Crippen LogP contribution in [-0.4, -0.2) is 18.5 Å². The molecule has 0 radical (unpaired) electrons. The van der Waals surface area contributed by atoms with Gasteiger partial charge in [-0.05, 0) is 18.3 Å². The lowest BCUT2D eigenvalue weighted by Gasteiger charge is -2.17. The van der Waals surface area contributed by atoms with Crippen molar-refractivity contribution in [3.05, 3.63) is 0 Å². The van der Waals surface area contributed by atoms with Gasteiger partial charge in [-0.1, -0.05) is 19.8 Å². The highest BCUT2D eigenvalue weighted by atomic mass is 16.2. The van der Waals surface area contributed by atoms with Crippen LogP contribution in [0.4, 0.5) is 0 Å². The Morgan fingerprint density at radius 3 is 2.93 bits per heavy atom. The monoisotopic (exact) mass is 208 g/mol. The Hall–Kier alpha value is -1.01. The Bertz CT molecular complexity index is 257. The van der Waals surface area contributed by atoms with Crippen LogP contribution in [0.5, 0.6) is 0 Å². The highest BCUT2D eigenvalue weighted by molar-refractivity contribution is 5.81. The fourth-order valence-electron chi connectivity index (χ4n) is 2.11. The molecule has 1 aliphatic rings. The predicted octanol–water partition coefficient (Wildman–Crippen LogP) is 0.889. The third-order valence-electron chi connectivity index (χ3n) is 3.25. The van der Waals surface area contributed by atoms with Crippen LogP contribution >= 0.6 is 0 Å². The topological polar surface area (TPSA) is 55.1 Å². The number of hydrogen-bond donors (Lipinski definition) is 2. The number of terminal acetylenes is 1. The second kappa shape index (κ2) is 5.77. The van der Waals surface area contributed by atoms with E-state index in [9.17, 15) is 4.79 Å². The van der Waals surface area contributed by atoms with Crippen molar-refractivity contribution in [3.8, 4) is 12.3 Å². The fourth-order valence-corrected chi connectivity index (χ4v) is 2.11. The lowest BCUT2D eigenvalue weighted by Crippen LogP contribution is -2.42. The zero-order valence-corrected chi connectivity index (χ0v) is 9.33.